The molecule has 0 aromatic heterocycles. The molecule has 0 spiro atoms. The second kappa shape index (κ2) is 8.24. The average Bonchev–Trinajstić information content (AvgIpc) is 3.19. The maximum atomic E-state index is 13.5. The van der Waals surface area contributed by atoms with Gasteiger partial charge in [-0.3, -0.25) is 14.6 Å². The molecule has 1 aromatic rings. The summed E-state index contributed by atoms with van der Waals surface area (Å²) in [4.78, 5) is 38.7. The van der Waals surface area contributed by atoms with Crippen LogP contribution in [0.3, 0.4) is 0 Å². The number of imide groups is 1. The third-order valence-corrected chi connectivity index (χ3v) is 6.89. The Morgan fingerprint density at radius 2 is 1.77 bits per heavy atom. The highest BCUT2D eigenvalue weighted by molar-refractivity contribution is 6.30. The van der Waals surface area contributed by atoms with Crippen LogP contribution in [0.2, 0.25) is 5.02 Å². The van der Waals surface area contributed by atoms with Crippen LogP contribution in [0.25, 0.3) is 0 Å². The Labute approximate surface area is 187 Å². The molecular formula is C22H28ClN6O2+. The first-order chi connectivity index (χ1) is 15.0. The molecule has 31 heavy (non-hydrogen) atoms. The lowest BCUT2D eigenvalue weighted by Gasteiger charge is -2.36. The molecule has 8 nitrogen and oxygen atoms in total. The minimum absolute atomic E-state index is 0.160. The van der Waals surface area contributed by atoms with Gasteiger partial charge in [0.15, 0.2) is 0 Å². The van der Waals surface area contributed by atoms with Gasteiger partial charge in [-0.2, -0.15) is 0 Å². The quantitative estimate of drug-likeness (QED) is 0.668. The van der Waals surface area contributed by atoms with Gasteiger partial charge < -0.3 is 4.90 Å². The first-order valence-electron chi connectivity index (χ1n) is 11.1. The van der Waals surface area contributed by atoms with Crippen molar-refractivity contribution in [3.8, 4) is 0 Å². The van der Waals surface area contributed by atoms with Gasteiger partial charge in [-0.05, 0) is 50.2 Å². The standard InChI is InChI=1S/C22H28ClN6O2/c1-25-19-18(20(30)29(22(25)31)15-14-26-10-3-2-4-11-26)28-13-5-12-27(21(28)24-19)17-8-6-16(23)7-9-17/h6-9,18H,2-5,10-15H2,1H3/q+1. The van der Waals surface area contributed by atoms with E-state index in [1.54, 1.807) is 11.9 Å². The fourth-order valence-electron chi connectivity index (χ4n) is 4.95. The molecule has 2 fully saturated rings. The van der Waals surface area contributed by atoms with Crippen molar-refractivity contribution in [2.24, 2.45) is 4.99 Å². The highest BCUT2D eigenvalue weighted by Gasteiger charge is 2.54. The number of halogens is 1. The normalized spacial score (nSPS) is 24.5. The number of carbonyl (C=O) groups is 2. The molecule has 0 N–H and O–H groups in total. The van der Waals surface area contributed by atoms with Crippen molar-refractivity contribution in [3.05, 3.63) is 29.3 Å². The van der Waals surface area contributed by atoms with E-state index in [9.17, 15) is 9.59 Å². The van der Waals surface area contributed by atoms with E-state index in [1.807, 2.05) is 28.8 Å². The van der Waals surface area contributed by atoms with Crippen LogP contribution in [0.5, 0.6) is 0 Å². The predicted molar refractivity (Wildman–Crippen MR) is 120 cm³/mol. The number of nitrogens with zero attached hydrogens (tertiary/aromatic N) is 6. The summed E-state index contributed by atoms with van der Waals surface area (Å²) in [5, 5.41) is 0.680. The van der Waals surface area contributed by atoms with Crippen molar-refractivity contribution < 1.29 is 14.2 Å². The number of benzene rings is 1. The van der Waals surface area contributed by atoms with E-state index in [2.05, 4.69) is 9.80 Å². The molecule has 164 valence electrons. The summed E-state index contributed by atoms with van der Waals surface area (Å²) in [5.74, 6) is 1.10. The van der Waals surface area contributed by atoms with Crippen molar-refractivity contribution in [1.29, 1.82) is 0 Å². The van der Waals surface area contributed by atoms with Crippen LogP contribution < -0.4 is 4.90 Å². The molecule has 4 heterocycles. The SMILES string of the molecule is CN1C(=O)N(CCN2CCCCC2)C(=O)C2C1=NC1=[N+]2CCCN1c1ccc(Cl)cc1. The Bertz CT molecular complexity index is 953. The maximum absolute atomic E-state index is 13.5. The van der Waals surface area contributed by atoms with Gasteiger partial charge in [0.25, 0.3) is 5.91 Å². The predicted octanol–water partition coefficient (Wildman–Crippen LogP) is 2.08. The van der Waals surface area contributed by atoms with Gasteiger partial charge in [-0.1, -0.05) is 23.0 Å². The fraction of sp³-hybridized carbons (Fsp3) is 0.545. The molecule has 3 amide bonds. The van der Waals surface area contributed by atoms with Crippen molar-refractivity contribution in [2.75, 3.05) is 51.2 Å². The van der Waals surface area contributed by atoms with E-state index in [0.717, 1.165) is 50.8 Å². The Hall–Kier alpha value is -2.45. The van der Waals surface area contributed by atoms with E-state index in [4.69, 9.17) is 16.6 Å². The summed E-state index contributed by atoms with van der Waals surface area (Å²) in [5.41, 5.74) is 0.982. The summed E-state index contributed by atoms with van der Waals surface area (Å²) < 4.78 is 2.05. The van der Waals surface area contributed by atoms with Crippen LogP contribution in [0.15, 0.2) is 29.3 Å². The number of carbonyl (C=O) groups excluding carboxylic acids is 2. The van der Waals surface area contributed by atoms with Gasteiger partial charge >= 0.3 is 12.0 Å². The van der Waals surface area contributed by atoms with E-state index in [1.165, 1.54) is 24.2 Å². The van der Waals surface area contributed by atoms with Gasteiger partial charge in [0.05, 0.1) is 13.1 Å². The Balaban J connectivity index is 1.41. The largest absolute Gasteiger partial charge is 0.397 e. The molecule has 5 rings (SSSR count). The van der Waals surface area contributed by atoms with Gasteiger partial charge in [0, 0.05) is 31.6 Å². The number of aliphatic imine (C=N–C) groups is 1. The van der Waals surface area contributed by atoms with Gasteiger partial charge in [0.2, 0.25) is 11.9 Å². The third-order valence-electron chi connectivity index (χ3n) is 6.64. The smallest absolute Gasteiger partial charge is 0.302 e. The van der Waals surface area contributed by atoms with Crippen molar-refractivity contribution in [1.82, 2.24) is 14.7 Å². The molecule has 1 atom stereocenters. The molecule has 2 saturated heterocycles. The lowest BCUT2D eigenvalue weighted by molar-refractivity contribution is -0.539. The van der Waals surface area contributed by atoms with E-state index in [0.29, 0.717) is 17.4 Å². The average molecular weight is 444 g/mol. The zero-order valence-corrected chi connectivity index (χ0v) is 18.6. The number of guanidine groups is 1. The lowest BCUT2D eigenvalue weighted by Crippen LogP contribution is -2.64. The minimum Gasteiger partial charge on any atom is -0.302 e. The fourth-order valence-corrected chi connectivity index (χ4v) is 5.07. The maximum Gasteiger partial charge on any atom is 0.397 e. The summed E-state index contributed by atoms with van der Waals surface area (Å²) in [7, 11) is 1.72. The molecule has 0 radical (unpaired) electrons. The number of likely N-dealkylation sites (tertiary alicyclic amines) is 1. The second-order valence-electron chi connectivity index (χ2n) is 8.58. The number of anilines is 1. The zero-order valence-electron chi connectivity index (χ0n) is 17.8. The Morgan fingerprint density at radius 1 is 1.03 bits per heavy atom. The first-order valence-corrected chi connectivity index (χ1v) is 11.5. The number of urea groups is 1. The highest BCUT2D eigenvalue weighted by atomic mass is 35.5. The van der Waals surface area contributed by atoms with Gasteiger partial charge in [-0.15, -0.1) is 0 Å². The molecule has 4 aliphatic heterocycles. The second-order valence-corrected chi connectivity index (χ2v) is 9.02. The van der Waals surface area contributed by atoms with Crippen LogP contribution in [0.4, 0.5) is 10.5 Å². The first kappa shape index (κ1) is 20.5. The zero-order chi connectivity index (χ0) is 21.5. The van der Waals surface area contributed by atoms with E-state index in [-0.39, 0.29) is 11.9 Å². The molecule has 9 heteroatoms. The molecule has 4 aliphatic rings. The molecule has 0 aliphatic carbocycles. The summed E-state index contributed by atoms with van der Waals surface area (Å²) in [6.07, 6.45) is 4.55. The molecule has 1 unspecified atom stereocenters. The minimum atomic E-state index is -0.533. The highest BCUT2D eigenvalue weighted by Crippen LogP contribution is 2.27. The van der Waals surface area contributed by atoms with Crippen molar-refractivity contribution in [2.45, 2.75) is 31.7 Å². The van der Waals surface area contributed by atoms with Crippen LogP contribution >= 0.6 is 11.6 Å². The van der Waals surface area contributed by atoms with Crippen LogP contribution in [-0.4, -0.2) is 95.4 Å². The summed E-state index contributed by atoms with van der Waals surface area (Å²) in [6.45, 7) is 4.80. The molecular weight excluding hydrogens is 416 g/mol. The van der Waals surface area contributed by atoms with E-state index >= 15 is 0 Å². The van der Waals surface area contributed by atoms with E-state index < -0.39 is 6.04 Å². The topological polar surface area (TPSA) is 62.5 Å². The number of hydrogen-bond donors (Lipinski definition) is 0. The third kappa shape index (κ3) is 3.61. The lowest BCUT2D eigenvalue weighted by atomic mass is 10.1. The monoisotopic (exact) mass is 443 g/mol. The summed E-state index contributed by atoms with van der Waals surface area (Å²) in [6, 6.07) is 6.82. The van der Waals surface area contributed by atoms with Gasteiger partial charge in [-0.25, -0.2) is 14.3 Å². The number of piperidine rings is 1. The van der Waals surface area contributed by atoms with Crippen molar-refractivity contribution in [3.63, 3.8) is 0 Å². The molecule has 0 saturated carbocycles. The Morgan fingerprint density at radius 3 is 2.52 bits per heavy atom. The Kier molecular flexibility index (Phi) is 5.44. The number of amides is 3. The van der Waals surface area contributed by atoms with Crippen LogP contribution in [0, 0.1) is 0 Å². The summed E-state index contributed by atoms with van der Waals surface area (Å²) >= 11 is 6.06. The van der Waals surface area contributed by atoms with Gasteiger partial charge in [0.1, 0.15) is 5.69 Å². The van der Waals surface area contributed by atoms with Crippen LogP contribution in [-0.2, 0) is 4.79 Å². The number of hydrogen-bond acceptors (Lipinski definition) is 5. The molecule has 1 aromatic carbocycles. The number of amidine groups is 1. The molecule has 0 bridgehead atoms. The van der Waals surface area contributed by atoms with Crippen LogP contribution in [0.1, 0.15) is 25.7 Å². The van der Waals surface area contributed by atoms with Crippen molar-refractivity contribution >= 4 is 41.0 Å². The number of fused-ring (bicyclic) bond motifs is 2. The number of likely N-dealkylation sites (N-methyl/N-ethyl adjacent to an activating group) is 1. The number of rotatable bonds is 4.